The predicted octanol–water partition coefficient (Wildman–Crippen LogP) is 3.30. The summed E-state index contributed by atoms with van der Waals surface area (Å²) in [4.78, 5) is 16.2. The monoisotopic (exact) mass is 371 g/mol. The fraction of sp³-hybridized carbons (Fsp3) is 0.263. The van der Waals surface area contributed by atoms with Crippen molar-refractivity contribution in [3.05, 3.63) is 54.1 Å². The van der Waals surface area contributed by atoms with Gasteiger partial charge in [-0.15, -0.1) is 4.40 Å². The molecular formula is C19H21N3O3S. The standard InChI is InChI=1S/C19H21N3O3S/c1-4-12-22-14(2)20-26(24,25)18-13-15(10-11-17(18)22)19(23)21(3)16-8-6-5-7-9-16/h5-11,13H,4,12H2,1-3H3. The quantitative estimate of drug-likeness (QED) is 0.827. The molecule has 1 amide bonds. The summed E-state index contributed by atoms with van der Waals surface area (Å²) in [5.41, 5.74) is 1.61. The first-order valence-electron chi connectivity index (χ1n) is 8.41. The largest absolute Gasteiger partial charge is 0.328 e. The zero-order chi connectivity index (χ0) is 18.9. The number of amides is 1. The lowest BCUT2D eigenvalue weighted by molar-refractivity contribution is 0.0993. The van der Waals surface area contributed by atoms with Crippen LogP contribution in [-0.4, -0.2) is 33.8 Å². The van der Waals surface area contributed by atoms with Crippen molar-refractivity contribution < 1.29 is 13.2 Å². The van der Waals surface area contributed by atoms with Gasteiger partial charge >= 0.3 is 0 Å². The Hall–Kier alpha value is -2.67. The van der Waals surface area contributed by atoms with Crippen molar-refractivity contribution in [2.75, 3.05) is 23.4 Å². The summed E-state index contributed by atoms with van der Waals surface area (Å²) in [6, 6.07) is 14.0. The van der Waals surface area contributed by atoms with E-state index in [1.807, 2.05) is 42.2 Å². The first-order chi connectivity index (χ1) is 12.3. The van der Waals surface area contributed by atoms with Crippen molar-refractivity contribution in [1.82, 2.24) is 0 Å². The molecule has 6 nitrogen and oxygen atoms in total. The van der Waals surface area contributed by atoms with Crippen molar-refractivity contribution in [2.45, 2.75) is 25.2 Å². The molecule has 0 atom stereocenters. The van der Waals surface area contributed by atoms with Gasteiger partial charge < -0.3 is 9.80 Å². The number of carbonyl (C=O) groups excluding carboxylic acids is 1. The number of nitrogens with zero attached hydrogens (tertiary/aromatic N) is 3. The highest BCUT2D eigenvalue weighted by molar-refractivity contribution is 7.90. The Bertz CT molecular complexity index is 969. The zero-order valence-corrected chi connectivity index (χ0v) is 15.8. The summed E-state index contributed by atoms with van der Waals surface area (Å²) in [6.45, 7) is 4.36. The average molecular weight is 371 g/mol. The van der Waals surface area contributed by atoms with Gasteiger partial charge in [0, 0.05) is 24.8 Å². The second-order valence-corrected chi connectivity index (χ2v) is 7.72. The third-order valence-corrected chi connectivity index (χ3v) is 5.70. The molecule has 7 heteroatoms. The van der Waals surface area contributed by atoms with Crippen LogP contribution in [-0.2, 0) is 10.0 Å². The minimum Gasteiger partial charge on any atom is -0.328 e. The smallest absolute Gasteiger partial charge is 0.286 e. The molecule has 1 aliphatic rings. The van der Waals surface area contributed by atoms with E-state index in [9.17, 15) is 13.2 Å². The van der Waals surface area contributed by atoms with Gasteiger partial charge in [-0.25, -0.2) is 0 Å². The van der Waals surface area contributed by atoms with Gasteiger partial charge in [-0.05, 0) is 43.7 Å². The fourth-order valence-corrected chi connectivity index (χ4v) is 4.26. The summed E-state index contributed by atoms with van der Waals surface area (Å²) in [5.74, 6) is 0.169. The van der Waals surface area contributed by atoms with E-state index in [-0.39, 0.29) is 10.8 Å². The maximum atomic E-state index is 12.8. The Labute approximate surface area is 153 Å². The molecule has 0 N–H and O–H groups in total. The van der Waals surface area contributed by atoms with E-state index < -0.39 is 10.0 Å². The Morgan fingerprint density at radius 1 is 1.15 bits per heavy atom. The van der Waals surface area contributed by atoms with Crippen LogP contribution in [0.1, 0.15) is 30.6 Å². The number of fused-ring (bicyclic) bond motifs is 1. The third-order valence-electron chi connectivity index (χ3n) is 4.31. The molecule has 0 radical (unpaired) electrons. The normalized spacial score (nSPS) is 15.2. The molecule has 0 unspecified atom stereocenters. The Morgan fingerprint density at radius 3 is 2.50 bits per heavy atom. The molecule has 26 heavy (non-hydrogen) atoms. The number of hydrogen-bond acceptors (Lipinski definition) is 4. The lowest BCUT2D eigenvalue weighted by atomic mass is 10.1. The predicted molar refractivity (Wildman–Crippen MR) is 104 cm³/mol. The van der Waals surface area contributed by atoms with Gasteiger partial charge in [-0.1, -0.05) is 25.1 Å². The summed E-state index contributed by atoms with van der Waals surface area (Å²) < 4.78 is 28.9. The van der Waals surface area contributed by atoms with Gasteiger partial charge in [0.15, 0.2) is 0 Å². The van der Waals surface area contributed by atoms with Crippen molar-refractivity contribution in [2.24, 2.45) is 4.40 Å². The second kappa shape index (κ2) is 6.92. The molecule has 3 rings (SSSR count). The minimum atomic E-state index is -3.81. The highest BCUT2D eigenvalue weighted by Gasteiger charge is 2.30. The van der Waals surface area contributed by atoms with E-state index in [2.05, 4.69) is 4.40 Å². The summed E-state index contributed by atoms with van der Waals surface area (Å²) in [7, 11) is -2.15. The molecule has 1 heterocycles. The molecule has 136 valence electrons. The summed E-state index contributed by atoms with van der Waals surface area (Å²) in [6.07, 6.45) is 0.851. The van der Waals surface area contributed by atoms with Gasteiger partial charge in [-0.2, -0.15) is 8.42 Å². The van der Waals surface area contributed by atoms with Crippen LogP contribution < -0.4 is 9.80 Å². The number of benzene rings is 2. The van der Waals surface area contributed by atoms with Gasteiger partial charge in [0.05, 0.1) is 5.69 Å². The van der Waals surface area contributed by atoms with E-state index in [0.717, 1.165) is 12.1 Å². The Kier molecular flexibility index (Phi) is 4.82. The van der Waals surface area contributed by atoms with Crippen molar-refractivity contribution in [3.63, 3.8) is 0 Å². The minimum absolute atomic E-state index is 0.0730. The first-order valence-corrected chi connectivity index (χ1v) is 9.85. The first kappa shape index (κ1) is 18.1. The van der Waals surface area contributed by atoms with Gasteiger partial charge in [-0.3, -0.25) is 4.79 Å². The lowest BCUT2D eigenvalue weighted by Crippen LogP contribution is -2.35. The molecular weight excluding hydrogens is 350 g/mol. The number of para-hydroxylation sites is 1. The molecule has 0 spiro atoms. The topological polar surface area (TPSA) is 70.0 Å². The van der Waals surface area contributed by atoms with Crippen molar-refractivity contribution >= 4 is 33.1 Å². The fourth-order valence-electron chi connectivity index (χ4n) is 2.99. The highest BCUT2D eigenvalue weighted by Crippen LogP contribution is 2.33. The highest BCUT2D eigenvalue weighted by atomic mass is 32.2. The molecule has 2 aromatic carbocycles. The van der Waals surface area contributed by atoms with Crippen molar-refractivity contribution in [1.29, 1.82) is 0 Å². The molecule has 0 saturated carbocycles. The molecule has 0 aromatic heterocycles. The van der Waals surface area contributed by atoms with E-state index in [1.54, 1.807) is 26.1 Å². The van der Waals surface area contributed by atoms with E-state index >= 15 is 0 Å². The molecule has 0 fully saturated rings. The lowest BCUT2D eigenvalue weighted by Gasteiger charge is -2.29. The van der Waals surface area contributed by atoms with E-state index in [0.29, 0.717) is 23.6 Å². The van der Waals surface area contributed by atoms with Gasteiger partial charge in [0.1, 0.15) is 10.7 Å². The number of sulfonamides is 1. The Morgan fingerprint density at radius 2 is 1.85 bits per heavy atom. The van der Waals surface area contributed by atoms with Crippen LogP contribution in [0.15, 0.2) is 57.8 Å². The molecule has 0 aliphatic carbocycles. The zero-order valence-electron chi connectivity index (χ0n) is 15.0. The molecule has 2 aromatic rings. The Balaban J connectivity index is 2.03. The van der Waals surface area contributed by atoms with Crippen LogP contribution in [0.4, 0.5) is 11.4 Å². The third kappa shape index (κ3) is 3.22. The van der Waals surface area contributed by atoms with Crippen molar-refractivity contribution in [3.8, 4) is 0 Å². The van der Waals surface area contributed by atoms with Crippen LogP contribution in [0, 0.1) is 0 Å². The maximum Gasteiger partial charge on any atom is 0.286 e. The van der Waals surface area contributed by atoms with E-state index in [1.165, 1.54) is 11.0 Å². The second-order valence-electron chi connectivity index (χ2n) is 6.15. The number of rotatable bonds is 4. The van der Waals surface area contributed by atoms with Crippen LogP contribution in [0.5, 0.6) is 0 Å². The van der Waals surface area contributed by atoms with Gasteiger partial charge in [0.2, 0.25) is 0 Å². The van der Waals surface area contributed by atoms with Crippen LogP contribution in [0.3, 0.4) is 0 Å². The molecule has 0 saturated heterocycles. The van der Waals surface area contributed by atoms with Crippen LogP contribution >= 0.6 is 0 Å². The molecule has 1 aliphatic heterocycles. The van der Waals surface area contributed by atoms with Crippen LogP contribution in [0.2, 0.25) is 0 Å². The number of carbonyl (C=O) groups is 1. The maximum absolute atomic E-state index is 12.8. The SMILES string of the molecule is CCCN1C(C)=NS(=O)(=O)c2cc(C(=O)N(C)c3ccccc3)ccc21. The molecule has 0 bridgehead atoms. The number of anilines is 2. The summed E-state index contributed by atoms with van der Waals surface area (Å²) in [5, 5.41) is 0. The average Bonchev–Trinajstić information content (AvgIpc) is 2.64. The van der Waals surface area contributed by atoms with E-state index in [4.69, 9.17) is 0 Å². The summed E-state index contributed by atoms with van der Waals surface area (Å²) >= 11 is 0. The number of amidine groups is 1. The van der Waals surface area contributed by atoms with Gasteiger partial charge in [0.25, 0.3) is 15.9 Å². The number of hydrogen-bond donors (Lipinski definition) is 0. The van der Waals surface area contributed by atoms with Crippen LogP contribution in [0.25, 0.3) is 0 Å².